The zero-order chi connectivity index (χ0) is 15.5. The van der Waals surface area contributed by atoms with Crippen LogP contribution in [0.25, 0.3) is 0 Å². The van der Waals surface area contributed by atoms with Crippen LogP contribution in [-0.2, 0) is 14.4 Å². The lowest BCUT2D eigenvalue weighted by Crippen LogP contribution is -2.49. The van der Waals surface area contributed by atoms with E-state index in [0.29, 0.717) is 13.0 Å². The fraction of sp³-hybridized carbons (Fsp3) is 0.786. The number of hydrogen-bond donors (Lipinski definition) is 1. The van der Waals surface area contributed by atoms with Crippen molar-refractivity contribution in [3.8, 4) is 0 Å². The highest BCUT2D eigenvalue weighted by Crippen LogP contribution is 2.19. The number of hydrogen-bond acceptors (Lipinski definition) is 3. The molecule has 6 nitrogen and oxygen atoms in total. The van der Waals surface area contributed by atoms with Gasteiger partial charge < -0.3 is 15.1 Å². The molecule has 1 aliphatic rings. The van der Waals surface area contributed by atoms with Gasteiger partial charge in [-0.1, -0.05) is 20.8 Å². The number of carbonyl (C=O) groups excluding carboxylic acids is 3. The molecule has 0 aromatic carbocycles. The third-order valence-electron chi connectivity index (χ3n) is 3.38. The van der Waals surface area contributed by atoms with Crippen molar-refractivity contribution in [2.75, 3.05) is 27.2 Å². The van der Waals surface area contributed by atoms with E-state index in [1.54, 1.807) is 39.8 Å². The lowest BCUT2D eigenvalue weighted by molar-refractivity contribution is -0.142. The Labute approximate surface area is 120 Å². The van der Waals surface area contributed by atoms with Gasteiger partial charge in [0.15, 0.2) is 0 Å². The van der Waals surface area contributed by atoms with Crippen LogP contribution in [0.4, 0.5) is 0 Å². The summed E-state index contributed by atoms with van der Waals surface area (Å²) in [7, 11) is 3.37. The zero-order valence-electron chi connectivity index (χ0n) is 13.0. The van der Waals surface area contributed by atoms with Crippen molar-refractivity contribution >= 4 is 17.7 Å². The van der Waals surface area contributed by atoms with E-state index in [4.69, 9.17) is 0 Å². The Hall–Kier alpha value is -1.59. The molecule has 1 aliphatic heterocycles. The minimum atomic E-state index is -0.524. The first-order valence-electron chi connectivity index (χ1n) is 6.93. The van der Waals surface area contributed by atoms with Crippen molar-refractivity contribution in [1.29, 1.82) is 0 Å². The molecular weight excluding hydrogens is 258 g/mol. The van der Waals surface area contributed by atoms with Crippen molar-refractivity contribution in [2.45, 2.75) is 39.7 Å². The first-order valence-corrected chi connectivity index (χ1v) is 6.93. The van der Waals surface area contributed by atoms with Crippen LogP contribution < -0.4 is 5.32 Å². The summed E-state index contributed by atoms with van der Waals surface area (Å²) < 4.78 is 0. The molecular formula is C14H25N3O3. The summed E-state index contributed by atoms with van der Waals surface area (Å²) in [5, 5.41) is 2.63. The molecule has 114 valence electrons. The topological polar surface area (TPSA) is 69.7 Å². The van der Waals surface area contributed by atoms with E-state index in [9.17, 15) is 14.4 Å². The van der Waals surface area contributed by atoms with Gasteiger partial charge in [-0.3, -0.25) is 14.4 Å². The fourth-order valence-electron chi connectivity index (χ4n) is 2.14. The summed E-state index contributed by atoms with van der Waals surface area (Å²) >= 11 is 0. The molecule has 1 rings (SSSR count). The maximum atomic E-state index is 12.2. The molecule has 1 N–H and O–H groups in total. The predicted octanol–water partition coefficient (Wildman–Crippen LogP) is 0.228. The van der Waals surface area contributed by atoms with Crippen molar-refractivity contribution in [3.05, 3.63) is 0 Å². The van der Waals surface area contributed by atoms with Crippen molar-refractivity contribution in [1.82, 2.24) is 15.1 Å². The molecule has 1 atom stereocenters. The summed E-state index contributed by atoms with van der Waals surface area (Å²) in [5.41, 5.74) is -0.524. The largest absolute Gasteiger partial charge is 0.347 e. The molecule has 0 spiro atoms. The molecule has 0 saturated carbocycles. The molecule has 1 fully saturated rings. The highest BCUT2D eigenvalue weighted by molar-refractivity contribution is 5.91. The summed E-state index contributed by atoms with van der Waals surface area (Å²) in [6.07, 6.45) is 1.51. The molecule has 1 saturated heterocycles. The van der Waals surface area contributed by atoms with Crippen LogP contribution in [0.3, 0.4) is 0 Å². The Balaban J connectivity index is 2.59. The summed E-state index contributed by atoms with van der Waals surface area (Å²) in [5.74, 6) is -0.418. The van der Waals surface area contributed by atoms with Gasteiger partial charge in [-0.05, 0) is 12.8 Å². The van der Waals surface area contributed by atoms with E-state index in [2.05, 4.69) is 5.32 Å². The standard InChI is InChI=1S/C14H25N3O3/c1-14(2,3)13(20)15-9-11(18)17-8-6-7-10(17)12(19)16(4)5/h10H,6-9H2,1-5H3,(H,15,20). The van der Waals surface area contributed by atoms with Crippen LogP contribution in [-0.4, -0.2) is 60.7 Å². The van der Waals surface area contributed by atoms with Crippen molar-refractivity contribution < 1.29 is 14.4 Å². The number of likely N-dealkylation sites (N-methyl/N-ethyl adjacent to an activating group) is 1. The molecule has 0 aliphatic carbocycles. The van der Waals surface area contributed by atoms with E-state index in [-0.39, 0.29) is 30.3 Å². The van der Waals surface area contributed by atoms with E-state index in [0.717, 1.165) is 6.42 Å². The minimum Gasteiger partial charge on any atom is -0.347 e. The Morgan fingerprint density at radius 3 is 2.35 bits per heavy atom. The van der Waals surface area contributed by atoms with Crippen molar-refractivity contribution in [2.24, 2.45) is 5.41 Å². The molecule has 0 aromatic heterocycles. The van der Waals surface area contributed by atoms with Gasteiger partial charge in [0.1, 0.15) is 6.04 Å². The first-order chi connectivity index (χ1) is 9.14. The lowest BCUT2D eigenvalue weighted by atomic mass is 9.96. The Bertz CT molecular complexity index is 399. The third kappa shape index (κ3) is 3.95. The maximum absolute atomic E-state index is 12.2. The van der Waals surface area contributed by atoms with Crippen LogP contribution in [0.1, 0.15) is 33.6 Å². The number of amides is 3. The minimum absolute atomic E-state index is 0.0483. The number of likely N-dealkylation sites (tertiary alicyclic amines) is 1. The maximum Gasteiger partial charge on any atom is 0.244 e. The van der Waals surface area contributed by atoms with Gasteiger partial charge in [-0.25, -0.2) is 0 Å². The molecule has 20 heavy (non-hydrogen) atoms. The second-order valence-corrected chi connectivity index (χ2v) is 6.41. The quantitative estimate of drug-likeness (QED) is 0.806. The van der Waals surface area contributed by atoms with Crippen LogP contribution in [0.5, 0.6) is 0 Å². The van der Waals surface area contributed by atoms with E-state index >= 15 is 0 Å². The molecule has 0 radical (unpaired) electrons. The monoisotopic (exact) mass is 283 g/mol. The highest BCUT2D eigenvalue weighted by atomic mass is 16.2. The summed E-state index contributed by atoms with van der Waals surface area (Å²) in [6.45, 7) is 5.91. The van der Waals surface area contributed by atoms with Gasteiger partial charge in [-0.15, -0.1) is 0 Å². The highest BCUT2D eigenvalue weighted by Gasteiger charge is 2.35. The SMILES string of the molecule is CN(C)C(=O)C1CCCN1C(=O)CNC(=O)C(C)(C)C. The number of nitrogens with zero attached hydrogens (tertiary/aromatic N) is 2. The molecule has 1 unspecified atom stereocenters. The first kappa shape index (κ1) is 16.5. The van der Waals surface area contributed by atoms with E-state index < -0.39 is 5.41 Å². The molecule has 1 heterocycles. The summed E-state index contributed by atoms with van der Waals surface area (Å²) in [6, 6.07) is -0.385. The predicted molar refractivity (Wildman–Crippen MR) is 75.9 cm³/mol. The van der Waals surface area contributed by atoms with Crippen LogP contribution >= 0.6 is 0 Å². The van der Waals surface area contributed by atoms with Crippen LogP contribution in [0, 0.1) is 5.41 Å². The smallest absolute Gasteiger partial charge is 0.244 e. The van der Waals surface area contributed by atoms with Crippen LogP contribution in [0.2, 0.25) is 0 Å². The molecule has 0 aromatic rings. The Morgan fingerprint density at radius 2 is 1.85 bits per heavy atom. The van der Waals surface area contributed by atoms with Gasteiger partial charge in [0.05, 0.1) is 6.54 Å². The van der Waals surface area contributed by atoms with Gasteiger partial charge >= 0.3 is 0 Å². The normalized spacial score (nSPS) is 18.9. The van der Waals surface area contributed by atoms with E-state index in [1.807, 2.05) is 0 Å². The summed E-state index contributed by atoms with van der Waals surface area (Å²) in [4.78, 5) is 39.0. The van der Waals surface area contributed by atoms with Gasteiger partial charge in [0.2, 0.25) is 17.7 Å². The van der Waals surface area contributed by atoms with Crippen molar-refractivity contribution in [3.63, 3.8) is 0 Å². The third-order valence-corrected chi connectivity index (χ3v) is 3.38. The number of carbonyl (C=O) groups is 3. The average molecular weight is 283 g/mol. The van der Waals surface area contributed by atoms with Gasteiger partial charge in [0, 0.05) is 26.1 Å². The number of rotatable bonds is 3. The second kappa shape index (κ2) is 6.24. The number of nitrogens with one attached hydrogen (secondary N) is 1. The average Bonchev–Trinajstić information content (AvgIpc) is 2.82. The molecule has 3 amide bonds. The van der Waals surface area contributed by atoms with Crippen LogP contribution in [0.15, 0.2) is 0 Å². The molecule has 6 heteroatoms. The zero-order valence-corrected chi connectivity index (χ0v) is 13.0. The van der Waals surface area contributed by atoms with Gasteiger partial charge in [-0.2, -0.15) is 0 Å². The second-order valence-electron chi connectivity index (χ2n) is 6.41. The Morgan fingerprint density at radius 1 is 1.25 bits per heavy atom. The fourth-order valence-corrected chi connectivity index (χ4v) is 2.14. The molecule has 0 bridgehead atoms. The Kier molecular flexibility index (Phi) is 5.14. The van der Waals surface area contributed by atoms with Gasteiger partial charge in [0.25, 0.3) is 0 Å². The lowest BCUT2D eigenvalue weighted by Gasteiger charge is -2.27. The van der Waals surface area contributed by atoms with E-state index in [1.165, 1.54) is 4.90 Å².